The molecule has 0 fully saturated rings. The second-order valence-electron chi connectivity index (χ2n) is 6.68. The van der Waals surface area contributed by atoms with Crippen LogP contribution in [0.15, 0.2) is 39.9 Å². The van der Waals surface area contributed by atoms with E-state index in [4.69, 9.17) is 9.15 Å². The number of rotatable bonds is 9. The quantitative estimate of drug-likeness (QED) is 0.408. The summed E-state index contributed by atoms with van der Waals surface area (Å²) in [7, 11) is 1.76. The number of nitrogens with one attached hydrogen (secondary N) is 2. The Hall–Kier alpha value is -2.34. The van der Waals surface area contributed by atoms with Crippen molar-refractivity contribution in [1.82, 2.24) is 15.6 Å². The highest BCUT2D eigenvalue weighted by Crippen LogP contribution is 2.18. The average molecular weight is 358 g/mol. The third kappa shape index (κ3) is 6.88. The number of nitrogens with zero attached hydrogens (tertiary/aromatic N) is 2. The van der Waals surface area contributed by atoms with Crippen molar-refractivity contribution in [1.29, 1.82) is 0 Å². The molecule has 2 N–H and O–H groups in total. The maximum Gasteiger partial charge on any atom is 0.226 e. The highest BCUT2D eigenvalue weighted by atomic mass is 16.5. The summed E-state index contributed by atoms with van der Waals surface area (Å²) in [5.41, 5.74) is 3.03. The molecule has 0 bridgehead atoms. The summed E-state index contributed by atoms with van der Waals surface area (Å²) in [5, 5.41) is 6.52. The van der Waals surface area contributed by atoms with E-state index in [2.05, 4.69) is 41.4 Å². The van der Waals surface area contributed by atoms with Gasteiger partial charge in [-0.2, -0.15) is 0 Å². The third-order valence-electron chi connectivity index (χ3n) is 3.72. The lowest BCUT2D eigenvalue weighted by Crippen LogP contribution is -2.37. The maximum atomic E-state index is 5.57. The van der Waals surface area contributed by atoms with Gasteiger partial charge >= 0.3 is 0 Å². The summed E-state index contributed by atoms with van der Waals surface area (Å²) in [6.45, 7) is 9.29. The molecule has 2 aromatic rings. The number of benzene rings is 1. The van der Waals surface area contributed by atoms with Gasteiger partial charge in [0.1, 0.15) is 6.26 Å². The zero-order chi connectivity index (χ0) is 18.8. The zero-order valence-corrected chi connectivity index (χ0v) is 16.2. The molecule has 0 amide bonds. The predicted octanol–water partition coefficient (Wildman–Crippen LogP) is 3.38. The molecule has 0 atom stereocenters. The number of aryl methyl sites for hydroxylation is 1. The Morgan fingerprint density at radius 2 is 2.00 bits per heavy atom. The summed E-state index contributed by atoms with van der Waals surface area (Å²) in [6, 6.07) is 8.13. The molecule has 1 aromatic heterocycles. The molecule has 26 heavy (non-hydrogen) atoms. The molecule has 2 rings (SSSR count). The van der Waals surface area contributed by atoms with E-state index in [1.54, 1.807) is 13.3 Å². The molecule has 1 aromatic carbocycles. The first-order chi connectivity index (χ1) is 12.6. The van der Waals surface area contributed by atoms with E-state index in [0.29, 0.717) is 18.4 Å². The van der Waals surface area contributed by atoms with Crippen LogP contribution in [0.5, 0.6) is 0 Å². The van der Waals surface area contributed by atoms with Crippen molar-refractivity contribution in [3.8, 4) is 11.5 Å². The standard InChI is InChI=1S/C20H30N4O2/c1-15(2)13-25-11-5-10-22-20(21-4)23-12-18-14-26-19(24-18)17-8-6-16(3)7-9-17/h6-9,14-15H,5,10-13H2,1-4H3,(H2,21,22,23). The van der Waals surface area contributed by atoms with Crippen LogP contribution in [0.4, 0.5) is 0 Å². The number of hydrogen-bond donors (Lipinski definition) is 2. The van der Waals surface area contributed by atoms with Crippen LogP contribution in [-0.4, -0.2) is 37.7 Å². The fourth-order valence-electron chi connectivity index (χ4n) is 2.31. The molecule has 6 nitrogen and oxygen atoms in total. The van der Waals surface area contributed by atoms with Crippen molar-refractivity contribution in [3.63, 3.8) is 0 Å². The Kier molecular flexibility index (Phi) is 8.15. The molecule has 0 aliphatic heterocycles. The lowest BCUT2D eigenvalue weighted by molar-refractivity contribution is 0.108. The second kappa shape index (κ2) is 10.6. The Morgan fingerprint density at radius 1 is 1.23 bits per heavy atom. The second-order valence-corrected chi connectivity index (χ2v) is 6.68. The first-order valence-corrected chi connectivity index (χ1v) is 9.12. The van der Waals surface area contributed by atoms with Crippen molar-refractivity contribution in [2.24, 2.45) is 10.9 Å². The monoisotopic (exact) mass is 358 g/mol. The summed E-state index contributed by atoms with van der Waals surface area (Å²) in [6.07, 6.45) is 2.62. The van der Waals surface area contributed by atoms with Crippen LogP contribution >= 0.6 is 0 Å². The third-order valence-corrected chi connectivity index (χ3v) is 3.72. The number of ether oxygens (including phenoxy) is 1. The summed E-state index contributed by atoms with van der Waals surface area (Å²) in [5.74, 6) is 1.95. The van der Waals surface area contributed by atoms with Gasteiger partial charge in [0, 0.05) is 32.4 Å². The summed E-state index contributed by atoms with van der Waals surface area (Å²) in [4.78, 5) is 8.74. The van der Waals surface area contributed by atoms with Crippen LogP contribution in [-0.2, 0) is 11.3 Å². The number of aliphatic imine (C=N–C) groups is 1. The van der Waals surface area contributed by atoms with E-state index in [0.717, 1.165) is 43.4 Å². The fraction of sp³-hybridized carbons (Fsp3) is 0.500. The molecule has 0 aliphatic rings. The normalized spacial score (nSPS) is 11.8. The molecule has 0 aliphatic carbocycles. The van der Waals surface area contributed by atoms with Gasteiger partial charge in [-0.05, 0) is 31.4 Å². The zero-order valence-electron chi connectivity index (χ0n) is 16.2. The minimum atomic E-state index is 0.554. The number of oxazole rings is 1. The minimum Gasteiger partial charge on any atom is -0.444 e. The van der Waals surface area contributed by atoms with Crippen LogP contribution in [0, 0.1) is 12.8 Å². The Labute approximate surface area is 156 Å². The van der Waals surface area contributed by atoms with Crippen LogP contribution in [0.1, 0.15) is 31.5 Å². The average Bonchev–Trinajstić information content (AvgIpc) is 3.10. The van der Waals surface area contributed by atoms with Gasteiger partial charge in [0.15, 0.2) is 5.96 Å². The van der Waals surface area contributed by atoms with Gasteiger partial charge in [0.2, 0.25) is 5.89 Å². The van der Waals surface area contributed by atoms with Crippen LogP contribution in [0.25, 0.3) is 11.5 Å². The summed E-state index contributed by atoms with van der Waals surface area (Å²) < 4.78 is 11.1. The van der Waals surface area contributed by atoms with Crippen molar-refractivity contribution in [2.45, 2.75) is 33.7 Å². The summed E-state index contributed by atoms with van der Waals surface area (Å²) >= 11 is 0. The SMILES string of the molecule is CN=C(NCCCOCC(C)C)NCc1coc(-c2ccc(C)cc2)n1. The van der Waals surface area contributed by atoms with Crippen molar-refractivity contribution in [3.05, 3.63) is 41.8 Å². The van der Waals surface area contributed by atoms with E-state index < -0.39 is 0 Å². The predicted molar refractivity (Wildman–Crippen MR) is 105 cm³/mol. The molecular formula is C20H30N4O2. The number of guanidine groups is 1. The van der Waals surface area contributed by atoms with Crippen molar-refractivity contribution >= 4 is 5.96 Å². The van der Waals surface area contributed by atoms with Crippen molar-refractivity contribution in [2.75, 3.05) is 26.8 Å². The highest BCUT2D eigenvalue weighted by molar-refractivity contribution is 5.79. The number of aromatic nitrogens is 1. The van der Waals surface area contributed by atoms with Gasteiger partial charge < -0.3 is 19.8 Å². The first-order valence-electron chi connectivity index (χ1n) is 9.12. The molecule has 0 spiro atoms. The molecule has 0 unspecified atom stereocenters. The topological polar surface area (TPSA) is 71.7 Å². The van der Waals surface area contributed by atoms with E-state index in [1.807, 2.05) is 24.3 Å². The molecular weight excluding hydrogens is 328 g/mol. The van der Waals surface area contributed by atoms with Gasteiger partial charge in [-0.1, -0.05) is 31.5 Å². The minimum absolute atomic E-state index is 0.554. The molecule has 142 valence electrons. The lowest BCUT2D eigenvalue weighted by atomic mass is 10.1. The Bertz CT molecular complexity index is 677. The molecule has 0 saturated heterocycles. The maximum absolute atomic E-state index is 5.57. The smallest absolute Gasteiger partial charge is 0.226 e. The van der Waals surface area contributed by atoms with Gasteiger partial charge in [0.25, 0.3) is 0 Å². The van der Waals surface area contributed by atoms with E-state index in [9.17, 15) is 0 Å². The van der Waals surface area contributed by atoms with Gasteiger partial charge in [-0.15, -0.1) is 0 Å². The molecule has 1 heterocycles. The van der Waals surface area contributed by atoms with E-state index in [1.165, 1.54) is 5.56 Å². The number of hydrogen-bond acceptors (Lipinski definition) is 4. The molecule has 0 radical (unpaired) electrons. The van der Waals surface area contributed by atoms with Gasteiger partial charge in [0.05, 0.1) is 12.2 Å². The van der Waals surface area contributed by atoms with Crippen LogP contribution in [0.2, 0.25) is 0 Å². The van der Waals surface area contributed by atoms with Crippen molar-refractivity contribution < 1.29 is 9.15 Å². The van der Waals surface area contributed by atoms with Crippen LogP contribution in [0.3, 0.4) is 0 Å². The van der Waals surface area contributed by atoms with E-state index in [-0.39, 0.29) is 0 Å². The molecule has 6 heteroatoms. The fourth-order valence-corrected chi connectivity index (χ4v) is 2.31. The van der Waals surface area contributed by atoms with Gasteiger partial charge in [-0.25, -0.2) is 4.98 Å². The van der Waals surface area contributed by atoms with E-state index >= 15 is 0 Å². The van der Waals surface area contributed by atoms with Gasteiger partial charge in [-0.3, -0.25) is 4.99 Å². The lowest BCUT2D eigenvalue weighted by Gasteiger charge is -2.11. The molecule has 0 saturated carbocycles. The largest absolute Gasteiger partial charge is 0.444 e. The Balaban J connectivity index is 1.72. The van der Waals surface area contributed by atoms with Crippen LogP contribution < -0.4 is 10.6 Å². The highest BCUT2D eigenvalue weighted by Gasteiger charge is 2.07. The Morgan fingerprint density at radius 3 is 2.69 bits per heavy atom. The first kappa shape index (κ1) is 20.0.